The summed E-state index contributed by atoms with van der Waals surface area (Å²) < 4.78 is 5.42. The summed E-state index contributed by atoms with van der Waals surface area (Å²) in [4.78, 5) is 13.9. The van der Waals surface area contributed by atoms with Crippen LogP contribution in [0.2, 0.25) is 0 Å². The van der Waals surface area contributed by atoms with Crippen molar-refractivity contribution in [3.05, 3.63) is 0 Å². The van der Waals surface area contributed by atoms with Crippen molar-refractivity contribution in [2.45, 2.75) is 53.2 Å². The predicted molar refractivity (Wildman–Crippen MR) is 68.6 cm³/mol. The second-order valence-corrected chi connectivity index (χ2v) is 7.33. The Morgan fingerprint density at radius 1 is 1.25 bits per heavy atom. The number of rotatable bonds is 0. The van der Waals surface area contributed by atoms with Gasteiger partial charge in [0.25, 0.3) is 0 Å². The van der Waals surface area contributed by atoms with Gasteiger partial charge in [-0.2, -0.15) is 0 Å². The number of nitrogens with zero attached hydrogens (tertiary/aromatic N) is 1. The summed E-state index contributed by atoms with van der Waals surface area (Å²) in [6.07, 6.45) is -0.183. The van der Waals surface area contributed by atoms with Crippen LogP contribution in [0.5, 0.6) is 0 Å². The molecule has 0 bridgehead atoms. The van der Waals surface area contributed by atoms with E-state index in [0.29, 0.717) is 0 Å². The Balaban J connectivity index is 2.69. The number of hydrogen-bond acceptors (Lipinski definition) is 3. The minimum Gasteiger partial charge on any atom is -0.444 e. The Bertz CT molecular complexity index is 265. The molecule has 94 valence electrons. The lowest BCUT2D eigenvalue weighted by Gasteiger charge is -2.35. The Kier molecular flexibility index (Phi) is 3.83. The van der Waals surface area contributed by atoms with E-state index < -0.39 is 5.60 Å². The summed E-state index contributed by atoms with van der Waals surface area (Å²) in [6.45, 7) is 12.2. The largest absolute Gasteiger partial charge is 0.444 e. The van der Waals surface area contributed by atoms with Gasteiger partial charge < -0.3 is 4.74 Å². The molecule has 1 rings (SSSR count). The summed E-state index contributed by atoms with van der Waals surface area (Å²) in [5.41, 5.74) is -0.298. The van der Waals surface area contributed by atoms with Gasteiger partial charge in [0.15, 0.2) is 0 Å². The normalized spacial score (nSPS) is 22.4. The van der Waals surface area contributed by atoms with Gasteiger partial charge in [0, 0.05) is 11.8 Å². The molecule has 0 N–H and O–H groups in total. The quantitative estimate of drug-likeness (QED) is 0.655. The van der Waals surface area contributed by atoms with E-state index in [-0.39, 0.29) is 17.6 Å². The molecule has 0 saturated carbocycles. The summed E-state index contributed by atoms with van der Waals surface area (Å²) in [5.74, 6) is 1.75. The second kappa shape index (κ2) is 4.47. The van der Waals surface area contributed by atoms with Gasteiger partial charge in [-0.05, 0) is 26.2 Å². The monoisotopic (exact) mass is 245 g/mol. The first-order chi connectivity index (χ1) is 7.11. The molecule has 1 unspecified atom stereocenters. The number of thioether (sulfide) groups is 1. The van der Waals surface area contributed by atoms with Gasteiger partial charge in [-0.25, -0.2) is 4.79 Å². The maximum Gasteiger partial charge on any atom is 0.411 e. The van der Waals surface area contributed by atoms with Crippen LogP contribution in [0, 0.1) is 5.41 Å². The summed E-state index contributed by atoms with van der Waals surface area (Å²) in [6, 6.07) is 0.271. The van der Waals surface area contributed by atoms with Gasteiger partial charge in [0.05, 0.1) is 5.88 Å². The maximum absolute atomic E-state index is 12.0. The van der Waals surface area contributed by atoms with Gasteiger partial charge in [0.2, 0.25) is 0 Å². The summed E-state index contributed by atoms with van der Waals surface area (Å²) in [5, 5.41) is 0. The van der Waals surface area contributed by atoms with Crippen molar-refractivity contribution in [3.8, 4) is 0 Å². The van der Waals surface area contributed by atoms with Crippen molar-refractivity contribution in [2.75, 3.05) is 11.6 Å². The van der Waals surface area contributed by atoms with Crippen LogP contribution in [0.4, 0.5) is 4.79 Å². The van der Waals surface area contributed by atoms with Crippen molar-refractivity contribution in [3.63, 3.8) is 0 Å². The molecule has 0 aliphatic carbocycles. The lowest BCUT2D eigenvalue weighted by atomic mass is 9.87. The molecular weight excluding hydrogens is 222 g/mol. The van der Waals surface area contributed by atoms with E-state index in [4.69, 9.17) is 4.74 Å². The molecule has 0 aromatic heterocycles. The van der Waals surface area contributed by atoms with Crippen LogP contribution in [-0.2, 0) is 4.74 Å². The average molecular weight is 245 g/mol. The van der Waals surface area contributed by atoms with Crippen molar-refractivity contribution in [1.29, 1.82) is 0 Å². The Morgan fingerprint density at radius 3 is 2.25 bits per heavy atom. The highest BCUT2D eigenvalue weighted by molar-refractivity contribution is 7.99. The van der Waals surface area contributed by atoms with E-state index >= 15 is 0 Å². The molecule has 1 atom stereocenters. The Morgan fingerprint density at radius 2 is 1.81 bits per heavy atom. The summed E-state index contributed by atoms with van der Waals surface area (Å²) in [7, 11) is 0. The minimum absolute atomic E-state index is 0.112. The number of ether oxygens (including phenoxy) is 1. The van der Waals surface area contributed by atoms with Crippen molar-refractivity contribution >= 4 is 17.9 Å². The van der Waals surface area contributed by atoms with E-state index in [0.717, 1.165) is 11.6 Å². The molecule has 0 spiro atoms. The third-order valence-electron chi connectivity index (χ3n) is 2.51. The third-order valence-corrected chi connectivity index (χ3v) is 3.52. The van der Waals surface area contributed by atoms with E-state index in [1.165, 1.54) is 0 Å². The van der Waals surface area contributed by atoms with Crippen LogP contribution in [-0.4, -0.2) is 34.3 Å². The van der Waals surface area contributed by atoms with E-state index in [1.807, 2.05) is 25.7 Å². The smallest absolute Gasteiger partial charge is 0.411 e. The molecule has 1 aliphatic heterocycles. The molecule has 1 heterocycles. The zero-order valence-corrected chi connectivity index (χ0v) is 12.0. The van der Waals surface area contributed by atoms with E-state index in [2.05, 4.69) is 20.8 Å². The molecule has 0 aromatic rings. The molecule has 1 fully saturated rings. The molecule has 1 aliphatic rings. The average Bonchev–Trinajstić information content (AvgIpc) is 2.45. The SMILES string of the molecule is CC(C)(C)OC(=O)N1CSCC1C(C)(C)C. The third kappa shape index (κ3) is 3.58. The number of carbonyl (C=O) groups excluding carboxylic acids is 1. The predicted octanol–water partition coefficient (Wildman–Crippen LogP) is 3.34. The van der Waals surface area contributed by atoms with Crippen molar-refractivity contribution in [2.24, 2.45) is 5.41 Å². The molecule has 0 aromatic carbocycles. The van der Waals surface area contributed by atoms with Gasteiger partial charge in [-0.3, -0.25) is 4.90 Å². The highest BCUT2D eigenvalue weighted by Crippen LogP contribution is 2.34. The number of hydrogen-bond donors (Lipinski definition) is 0. The molecule has 0 radical (unpaired) electrons. The molecule has 1 amide bonds. The minimum atomic E-state index is -0.410. The molecule has 3 nitrogen and oxygen atoms in total. The van der Waals surface area contributed by atoms with Gasteiger partial charge >= 0.3 is 6.09 Å². The van der Waals surface area contributed by atoms with Crippen molar-refractivity contribution in [1.82, 2.24) is 4.90 Å². The van der Waals surface area contributed by atoms with Crippen LogP contribution in [0.3, 0.4) is 0 Å². The Hall–Kier alpha value is -0.380. The van der Waals surface area contributed by atoms with Crippen LogP contribution < -0.4 is 0 Å². The van der Waals surface area contributed by atoms with Gasteiger partial charge in [-0.1, -0.05) is 20.8 Å². The zero-order valence-electron chi connectivity index (χ0n) is 11.2. The fourth-order valence-electron chi connectivity index (χ4n) is 1.66. The standard InChI is InChI=1S/C12H23NO2S/c1-11(2,3)9-7-16-8-13(9)10(14)15-12(4,5)6/h9H,7-8H2,1-6H3. The zero-order chi connectivity index (χ0) is 12.6. The topological polar surface area (TPSA) is 29.5 Å². The fourth-order valence-corrected chi connectivity index (χ4v) is 3.15. The van der Waals surface area contributed by atoms with Crippen molar-refractivity contribution < 1.29 is 9.53 Å². The number of amides is 1. The lowest BCUT2D eigenvalue weighted by Crippen LogP contribution is -2.46. The van der Waals surface area contributed by atoms with Gasteiger partial charge in [0.1, 0.15) is 5.60 Å². The first-order valence-corrected chi connectivity index (χ1v) is 6.84. The van der Waals surface area contributed by atoms with Crippen LogP contribution in [0.1, 0.15) is 41.5 Å². The van der Waals surface area contributed by atoms with E-state index in [1.54, 1.807) is 11.8 Å². The number of carbonyl (C=O) groups is 1. The van der Waals surface area contributed by atoms with Crippen LogP contribution in [0.15, 0.2) is 0 Å². The first-order valence-electron chi connectivity index (χ1n) is 5.68. The van der Waals surface area contributed by atoms with E-state index in [9.17, 15) is 4.79 Å². The molecule has 16 heavy (non-hydrogen) atoms. The maximum atomic E-state index is 12.0. The second-order valence-electron chi connectivity index (χ2n) is 6.33. The molecular formula is C12H23NO2S. The lowest BCUT2D eigenvalue weighted by molar-refractivity contribution is 0.0140. The van der Waals surface area contributed by atoms with Crippen LogP contribution >= 0.6 is 11.8 Å². The highest BCUT2D eigenvalue weighted by atomic mass is 32.2. The van der Waals surface area contributed by atoms with Crippen LogP contribution in [0.25, 0.3) is 0 Å². The first kappa shape index (κ1) is 13.7. The Labute approximate surface area is 103 Å². The fraction of sp³-hybridized carbons (Fsp3) is 0.917. The molecule has 4 heteroatoms. The highest BCUT2D eigenvalue weighted by Gasteiger charge is 2.39. The molecule has 1 saturated heterocycles. The van der Waals surface area contributed by atoms with Gasteiger partial charge in [-0.15, -0.1) is 11.8 Å². The summed E-state index contributed by atoms with van der Waals surface area (Å²) >= 11 is 1.80.